The third kappa shape index (κ3) is 2.23. The highest BCUT2D eigenvalue weighted by atomic mass is 127. The lowest BCUT2D eigenvalue weighted by molar-refractivity contribution is -0.0509. The Balaban J connectivity index is 2.18. The van der Waals surface area contributed by atoms with Crippen molar-refractivity contribution in [2.45, 2.75) is 24.5 Å². The molecule has 114 valence electrons. The number of aliphatic hydroxyl groups excluding tert-OH is 3. The van der Waals surface area contributed by atoms with Crippen molar-refractivity contribution in [3.05, 3.63) is 30.6 Å². The van der Waals surface area contributed by atoms with Crippen molar-refractivity contribution in [3.63, 3.8) is 0 Å². The van der Waals surface area contributed by atoms with Crippen LogP contribution in [0.25, 0.3) is 11.0 Å². The second kappa shape index (κ2) is 5.21. The Bertz CT molecular complexity index is 795. The summed E-state index contributed by atoms with van der Waals surface area (Å²) in [6.45, 7) is -0.456. The van der Waals surface area contributed by atoms with Crippen LogP contribution in [0.3, 0.4) is 0 Å². The fourth-order valence-electron chi connectivity index (χ4n) is 2.45. The molecule has 0 spiro atoms. The van der Waals surface area contributed by atoms with Gasteiger partial charge in [0, 0.05) is 9.77 Å². The monoisotopic (exact) mass is 409 g/mol. The molecule has 2 aromatic rings. The molecule has 2 aromatic heterocycles. The van der Waals surface area contributed by atoms with Gasteiger partial charge in [-0.25, -0.2) is 4.79 Å². The van der Waals surface area contributed by atoms with Crippen molar-refractivity contribution in [2.24, 2.45) is 0 Å². The Morgan fingerprint density at radius 3 is 2.62 bits per heavy atom. The number of hydrogen-bond acceptors (Lipinski definition) is 6. The van der Waals surface area contributed by atoms with Crippen LogP contribution in [-0.2, 0) is 4.74 Å². The zero-order valence-corrected chi connectivity index (χ0v) is 12.6. The summed E-state index contributed by atoms with van der Waals surface area (Å²) in [5, 5.41) is 29.2. The third-order valence-corrected chi connectivity index (χ3v) is 4.28. The normalized spacial score (nSPS) is 29.3. The van der Waals surface area contributed by atoms with Gasteiger partial charge >= 0.3 is 5.69 Å². The maximum atomic E-state index is 11.8. The molecule has 0 aliphatic carbocycles. The van der Waals surface area contributed by atoms with E-state index in [0.29, 0.717) is 3.57 Å². The number of H-pyrrole nitrogens is 2. The number of halogens is 1. The van der Waals surface area contributed by atoms with E-state index in [0.717, 1.165) is 0 Å². The zero-order chi connectivity index (χ0) is 15.3. The zero-order valence-electron chi connectivity index (χ0n) is 10.5. The molecule has 0 bridgehead atoms. The number of aromatic amines is 2. The summed E-state index contributed by atoms with van der Waals surface area (Å²) in [6.07, 6.45) is -2.98. The Kier molecular flexibility index (Phi) is 3.65. The standard InChI is InChI=1S/C11H12IN3O6/c12-3-1-15(8-5(3)9(19)14-11(20)13-8)10-7(18)6(17)4(2-16)21-10/h1,4,6-7,10,16-18H,2H2,(H2,13,14,19,20)/t4-,6-,7-,10-/m1/s1. The summed E-state index contributed by atoms with van der Waals surface area (Å²) in [5.41, 5.74) is -1.05. The summed E-state index contributed by atoms with van der Waals surface area (Å²) in [7, 11) is 0. The number of aromatic nitrogens is 3. The second-order valence-corrected chi connectivity index (χ2v) is 5.91. The highest BCUT2D eigenvalue weighted by Crippen LogP contribution is 2.32. The van der Waals surface area contributed by atoms with Crippen LogP contribution in [0.2, 0.25) is 0 Å². The van der Waals surface area contributed by atoms with Gasteiger partial charge in [0.25, 0.3) is 5.56 Å². The van der Waals surface area contributed by atoms with Crippen molar-refractivity contribution in [1.82, 2.24) is 14.5 Å². The Labute approximate surface area is 130 Å². The average molecular weight is 409 g/mol. The predicted octanol–water partition coefficient (Wildman–Crippen LogP) is -1.77. The van der Waals surface area contributed by atoms with Crippen LogP contribution >= 0.6 is 22.6 Å². The molecule has 3 rings (SSSR count). The second-order valence-electron chi connectivity index (χ2n) is 4.75. The van der Waals surface area contributed by atoms with Gasteiger partial charge in [-0.1, -0.05) is 0 Å². The molecule has 1 aliphatic rings. The van der Waals surface area contributed by atoms with Crippen molar-refractivity contribution in [3.8, 4) is 0 Å². The Morgan fingerprint density at radius 1 is 1.29 bits per heavy atom. The van der Waals surface area contributed by atoms with Crippen LogP contribution in [0.15, 0.2) is 15.8 Å². The molecule has 0 aromatic carbocycles. The Morgan fingerprint density at radius 2 is 2.00 bits per heavy atom. The molecule has 3 heterocycles. The number of nitrogens with one attached hydrogen (secondary N) is 2. The summed E-state index contributed by atoms with van der Waals surface area (Å²) in [4.78, 5) is 27.9. The van der Waals surface area contributed by atoms with E-state index in [2.05, 4.69) is 9.97 Å². The fourth-order valence-corrected chi connectivity index (χ4v) is 3.25. The molecule has 9 nitrogen and oxygen atoms in total. The van der Waals surface area contributed by atoms with Crippen LogP contribution in [0.5, 0.6) is 0 Å². The molecule has 21 heavy (non-hydrogen) atoms. The van der Waals surface area contributed by atoms with E-state index in [1.807, 2.05) is 22.6 Å². The molecule has 0 saturated carbocycles. The predicted molar refractivity (Wildman–Crippen MR) is 78.9 cm³/mol. The number of hydrogen-bond donors (Lipinski definition) is 5. The molecule has 0 unspecified atom stereocenters. The van der Waals surface area contributed by atoms with Crippen LogP contribution < -0.4 is 11.2 Å². The molecule has 1 aliphatic heterocycles. The highest BCUT2D eigenvalue weighted by molar-refractivity contribution is 14.1. The first kappa shape index (κ1) is 14.7. The van der Waals surface area contributed by atoms with Gasteiger partial charge in [-0.05, 0) is 22.6 Å². The summed E-state index contributed by atoms with van der Waals surface area (Å²) in [5.74, 6) is 0. The van der Waals surface area contributed by atoms with Gasteiger partial charge in [0.2, 0.25) is 0 Å². The molecule has 0 radical (unpaired) electrons. The molecular weight excluding hydrogens is 397 g/mol. The quantitative estimate of drug-likeness (QED) is 0.372. The van der Waals surface area contributed by atoms with E-state index in [4.69, 9.17) is 9.84 Å². The molecule has 1 fully saturated rings. The lowest BCUT2D eigenvalue weighted by Crippen LogP contribution is -2.33. The third-order valence-electron chi connectivity index (χ3n) is 3.46. The minimum atomic E-state index is -1.30. The fraction of sp³-hybridized carbons (Fsp3) is 0.455. The van der Waals surface area contributed by atoms with Gasteiger partial charge in [-0.3, -0.25) is 14.8 Å². The summed E-state index contributed by atoms with van der Waals surface area (Å²) in [6, 6.07) is 0. The highest BCUT2D eigenvalue weighted by Gasteiger charge is 2.44. The van der Waals surface area contributed by atoms with E-state index in [9.17, 15) is 19.8 Å². The van der Waals surface area contributed by atoms with Crippen LogP contribution in [-0.4, -0.2) is 54.8 Å². The molecular formula is C11H12IN3O6. The molecule has 0 amide bonds. The van der Waals surface area contributed by atoms with Gasteiger partial charge in [0.1, 0.15) is 24.0 Å². The SMILES string of the molecule is O=c1[nH]c(=O)c2c(I)cn([C@@H]3O[C@H](CO)[C@@H](O)[C@H]3O)c2[nH]1. The van der Waals surface area contributed by atoms with Gasteiger partial charge in [0.15, 0.2) is 6.23 Å². The minimum absolute atomic E-state index is 0.183. The summed E-state index contributed by atoms with van der Waals surface area (Å²) >= 11 is 1.92. The lowest BCUT2D eigenvalue weighted by atomic mass is 10.1. The maximum absolute atomic E-state index is 11.8. The van der Waals surface area contributed by atoms with Crippen molar-refractivity contribution < 1.29 is 20.1 Å². The van der Waals surface area contributed by atoms with E-state index in [1.54, 1.807) is 0 Å². The first-order chi connectivity index (χ1) is 9.93. The van der Waals surface area contributed by atoms with Crippen LogP contribution in [0.1, 0.15) is 6.23 Å². The van der Waals surface area contributed by atoms with Crippen molar-refractivity contribution in [1.29, 1.82) is 0 Å². The van der Waals surface area contributed by atoms with Gasteiger partial charge in [-0.15, -0.1) is 0 Å². The molecule has 4 atom stereocenters. The molecule has 1 saturated heterocycles. The van der Waals surface area contributed by atoms with Gasteiger partial charge in [0.05, 0.1) is 12.0 Å². The van der Waals surface area contributed by atoms with Crippen LogP contribution in [0.4, 0.5) is 0 Å². The number of nitrogens with zero attached hydrogens (tertiary/aromatic N) is 1. The van der Waals surface area contributed by atoms with Gasteiger partial charge < -0.3 is 24.6 Å². The summed E-state index contributed by atoms with van der Waals surface area (Å²) < 4.78 is 7.32. The number of fused-ring (bicyclic) bond motifs is 1. The van der Waals surface area contributed by atoms with Crippen LogP contribution in [0, 0.1) is 3.57 Å². The van der Waals surface area contributed by atoms with Gasteiger partial charge in [-0.2, -0.15) is 0 Å². The first-order valence-corrected chi connectivity index (χ1v) is 7.17. The molecule has 10 heteroatoms. The van der Waals surface area contributed by atoms with Crippen molar-refractivity contribution >= 4 is 33.6 Å². The smallest absolute Gasteiger partial charge is 0.327 e. The van der Waals surface area contributed by atoms with E-state index < -0.39 is 42.4 Å². The maximum Gasteiger partial charge on any atom is 0.327 e. The topological polar surface area (TPSA) is 141 Å². The minimum Gasteiger partial charge on any atom is -0.394 e. The average Bonchev–Trinajstić information content (AvgIpc) is 2.89. The van der Waals surface area contributed by atoms with E-state index in [1.165, 1.54) is 10.8 Å². The van der Waals surface area contributed by atoms with Crippen molar-refractivity contribution in [2.75, 3.05) is 6.61 Å². The largest absolute Gasteiger partial charge is 0.394 e. The first-order valence-electron chi connectivity index (χ1n) is 6.09. The number of ether oxygens (including phenoxy) is 1. The van der Waals surface area contributed by atoms with E-state index in [-0.39, 0.29) is 11.0 Å². The lowest BCUT2D eigenvalue weighted by Gasteiger charge is -2.17. The number of rotatable bonds is 2. The Hall–Kier alpha value is -1.21. The number of aliphatic hydroxyl groups is 3. The van der Waals surface area contributed by atoms with E-state index >= 15 is 0 Å². The molecule has 5 N–H and O–H groups in total.